The van der Waals surface area contributed by atoms with E-state index in [0.717, 1.165) is 22.3 Å². The van der Waals surface area contributed by atoms with Crippen molar-refractivity contribution in [3.8, 4) is 0 Å². The van der Waals surface area contributed by atoms with Gasteiger partial charge < -0.3 is 10.2 Å². The second-order valence-corrected chi connectivity index (χ2v) is 5.18. The van der Waals surface area contributed by atoms with Crippen LogP contribution in [0.4, 0.5) is 5.69 Å². The van der Waals surface area contributed by atoms with Crippen LogP contribution in [-0.4, -0.2) is 26.1 Å². The van der Waals surface area contributed by atoms with Gasteiger partial charge in [-0.05, 0) is 25.2 Å². The fraction of sp³-hybridized carbons (Fsp3) is 0.308. The first-order valence-corrected chi connectivity index (χ1v) is 6.39. The first-order valence-electron chi connectivity index (χ1n) is 5.63. The quantitative estimate of drug-likeness (QED) is 0.937. The van der Waals surface area contributed by atoms with Gasteiger partial charge in [-0.15, -0.1) is 0 Å². The lowest BCUT2D eigenvalue weighted by Gasteiger charge is -2.17. The molecular formula is C13H15Cl2N3. The van der Waals surface area contributed by atoms with E-state index in [4.69, 9.17) is 23.2 Å². The number of halogens is 2. The number of fused-ring (bicyclic) bond motifs is 1. The summed E-state index contributed by atoms with van der Waals surface area (Å²) in [7, 11) is 5.88. The minimum absolute atomic E-state index is 0.582. The SMILES string of the molecule is CNCc1cc(N(C)C)c2cc(Cl)cc(Cl)c2n1. The normalized spacial score (nSPS) is 10.9. The van der Waals surface area contributed by atoms with Crippen molar-refractivity contribution in [2.75, 3.05) is 26.0 Å². The predicted molar refractivity (Wildman–Crippen MR) is 78.9 cm³/mol. The van der Waals surface area contributed by atoms with Gasteiger partial charge >= 0.3 is 0 Å². The van der Waals surface area contributed by atoms with Crippen LogP contribution in [0.3, 0.4) is 0 Å². The van der Waals surface area contributed by atoms with Gasteiger partial charge in [-0.25, -0.2) is 4.98 Å². The molecule has 0 unspecified atom stereocenters. The molecule has 0 bridgehead atoms. The van der Waals surface area contributed by atoms with Crippen LogP contribution in [0.1, 0.15) is 5.69 Å². The smallest absolute Gasteiger partial charge is 0.0913 e. The molecule has 18 heavy (non-hydrogen) atoms. The number of nitrogens with one attached hydrogen (secondary N) is 1. The number of aromatic nitrogens is 1. The molecule has 1 aromatic heterocycles. The number of pyridine rings is 1. The first kappa shape index (κ1) is 13.4. The highest BCUT2D eigenvalue weighted by Crippen LogP contribution is 2.33. The maximum Gasteiger partial charge on any atom is 0.0913 e. The van der Waals surface area contributed by atoms with Crippen LogP contribution >= 0.6 is 23.2 Å². The molecule has 0 aliphatic rings. The average Bonchev–Trinajstić information content (AvgIpc) is 2.29. The second-order valence-electron chi connectivity index (χ2n) is 4.34. The molecule has 0 radical (unpaired) electrons. The highest BCUT2D eigenvalue weighted by atomic mass is 35.5. The summed E-state index contributed by atoms with van der Waals surface area (Å²) in [5.74, 6) is 0. The van der Waals surface area contributed by atoms with Crippen molar-refractivity contribution in [3.63, 3.8) is 0 Å². The van der Waals surface area contributed by atoms with E-state index >= 15 is 0 Å². The van der Waals surface area contributed by atoms with Gasteiger partial charge in [0.05, 0.1) is 16.2 Å². The summed E-state index contributed by atoms with van der Waals surface area (Å²) in [5.41, 5.74) is 2.81. The molecule has 1 heterocycles. The Balaban J connectivity index is 2.76. The molecular weight excluding hydrogens is 269 g/mol. The molecule has 0 aliphatic carbocycles. The largest absolute Gasteiger partial charge is 0.377 e. The van der Waals surface area contributed by atoms with Crippen LogP contribution in [0.15, 0.2) is 18.2 Å². The summed E-state index contributed by atoms with van der Waals surface area (Å²) in [4.78, 5) is 6.61. The number of hydrogen-bond donors (Lipinski definition) is 1. The van der Waals surface area contributed by atoms with E-state index in [-0.39, 0.29) is 0 Å². The third kappa shape index (κ3) is 2.53. The van der Waals surface area contributed by atoms with Crippen molar-refractivity contribution < 1.29 is 0 Å². The van der Waals surface area contributed by atoms with Crippen molar-refractivity contribution in [3.05, 3.63) is 33.9 Å². The molecule has 5 heteroatoms. The van der Waals surface area contributed by atoms with Gasteiger partial charge in [-0.2, -0.15) is 0 Å². The molecule has 0 saturated heterocycles. The minimum atomic E-state index is 0.582. The Morgan fingerprint density at radius 3 is 2.56 bits per heavy atom. The number of rotatable bonds is 3. The topological polar surface area (TPSA) is 28.2 Å². The third-order valence-corrected chi connectivity index (χ3v) is 3.21. The van der Waals surface area contributed by atoms with E-state index in [9.17, 15) is 0 Å². The number of benzene rings is 1. The van der Waals surface area contributed by atoms with E-state index in [1.54, 1.807) is 6.07 Å². The van der Waals surface area contributed by atoms with Gasteiger partial charge in [0, 0.05) is 36.7 Å². The molecule has 0 atom stereocenters. The van der Waals surface area contributed by atoms with Crippen molar-refractivity contribution in [1.29, 1.82) is 0 Å². The van der Waals surface area contributed by atoms with Crippen molar-refractivity contribution in [2.24, 2.45) is 0 Å². The highest BCUT2D eigenvalue weighted by Gasteiger charge is 2.11. The van der Waals surface area contributed by atoms with E-state index in [1.165, 1.54) is 0 Å². The average molecular weight is 284 g/mol. The molecule has 0 aliphatic heterocycles. The Kier molecular flexibility index (Phi) is 3.95. The van der Waals surface area contributed by atoms with Crippen LogP contribution in [0.5, 0.6) is 0 Å². The maximum atomic E-state index is 6.23. The zero-order valence-corrected chi connectivity index (χ0v) is 12.1. The monoisotopic (exact) mass is 283 g/mol. The summed E-state index contributed by atoms with van der Waals surface area (Å²) in [6.07, 6.45) is 0. The molecule has 0 saturated carbocycles. The summed E-state index contributed by atoms with van der Waals surface area (Å²) in [5, 5.41) is 5.27. The zero-order chi connectivity index (χ0) is 13.3. The predicted octanol–water partition coefficient (Wildman–Crippen LogP) is 3.33. The number of nitrogens with zero attached hydrogens (tertiary/aromatic N) is 2. The van der Waals surface area contributed by atoms with Crippen LogP contribution in [0.2, 0.25) is 10.0 Å². The highest BCUT2D eigenvalue weighted by molar-refractivity contribution is 6.38. The molecule has 1 N–H and O–H groups in total. The lowest BCUT2D eigenvalue weighted by Crippen LogP contribution is -2.13. The maximum absolute atomic E-state index is 6.23. The van der Waals surface area contributed by atoms with Gasteiger partial charge in [0.1, 0.15) is 0 Å². The summed E-state index contributed by atoms with van der Waals surface area (Å²) < 4.78 is 0. The first-order chi connectivity index (χ1) is 8.52. The van der Waals surface area contributed by atoms with Gasteiger partial charge in [0.15, 0.2) is 0 Å². The number of hydrogen-bond acceptors (Lipinski definition) is 3. The van der Waals surface area contributed by atoms with E-state index < -0.39 is 0 Å². The Hall–Kier alpha value is -1.03. The van der Waals surface area contributed by atoms with Gasteiger partial charge in [-0.1, -0.05) is 23.2 Å². The third-order valence-electron chi connectivity index (χ3n) is 2.70. The van der Waals surface area contributed by atoms with Crippen LogP contribution < -0.4 is 10.2 Å². The molecule has 2 aromatic rings. The fourth-order valence-corrected chi connectivity index (χ4v) is 2.46. The van der Waals surface area contributed by atoms with Gasteiger partial charge in [0.2, 0.25) is 0 Å². The van der Waals surface area contributed by atoms with Crippen LogP contribution in [0.25, 0.3) is 10.9 Å². The minimum Gasteiger partial charge on any atom is -0.377 e. The Labute approximate surface area is 117 Å². The zero-order valence-electron chi connectivity index (χ0n) is 10.6. The molecule has 96 valence electrons. The summed E-state index contributed by atoms with van der Waals surface area (Å²) in [6, 6.07) is 5.67. The lowest BCUT2D eigenvalue weighted by atomic mass is 10.1. The fourth-order valence-electron chi connectivity index (χ4n) is 1.93. The van der Waals surface area contributed by atoms with Gasteiger partial charge in [-0.3, -0.25) is 0 Å². The standard InChI is InChI=1S/C13H15Cl2N3/c1-16-7-9-6-12(18(2)3)10-4-8(14)5-11(15)13(10)17-9/h4-6,16H,7H2,1-3H3. The van der Waals surface area contributed by atoms with E-state index in [0.29, 0.717) is 16.6 Å². The molecule has 0 fully saturated rings. The Bertz CT molecular complexity index is 582. The summed E-state index contributed by atoms with van der Waals surface area (Å²) >= 11 is 12.3. The van der Waals surface area contributed by atoms with Crippen LogP contribution in [0, 0.1) is 0 Å². The molecule has 1 aromatic carbocycles. The molecule has 0 spiro atoms. The van der Waals surface area contributed by atoms with Crippen molar-refractivity contribution in [1.82, 2.24) is 10.3 Å². The number of anilines is 1. The van der Waals surface area contributed by atoms with Crippen molar-refractivity contribution in [2.45, 2.75) is 6.54 Å². The van der Waals surface area contributed by atoms with Crippen LogP contribution in [-0.2, 0) is 6.54 Å². The van der Waals surface area contributed by atoms with E-state index in [1.807, 2.05) is 38.2 Å². The Morgan fingerprint density at radius 1 is 1.22 bits per heavy atom. The molecule has 0 amide bonds. The molecule has 2 rings (SSSR count). The lowest BCUT2D eigenvalue weighted by molar-refractivity contribution is 0.795. The van der Waals surface area contributed by atoms with E-state index in [2.05, 4.69) is 10.3 Å². The van der Waals surface area contributed by atoms with Gasteiger partial charge in [0.25, 0.3) is 0 Å². The summed E-state index contributed by atoms with van der Waals surface area (Å²) in [6.45, 7) is 0.704. The second kappa shape index (κ2) is 5.31. The molecule has 3 nitrogen and oxygen atoms in total. The Morgan fingerprint density at radius 2 is 1.94 bits per heavy atom. The van der Waals surface area contributed by atoms with Crippen molar-refractivity contribution >= 4 is 39.8 Å².